The van der Waals surface area contributed by atoms with Crippen LogP contribution in [0.15, 0.2) is 60.8 Å². The van der Waals surface area contributed by atoms with Gasteiger partial charge >= 0.3 is 0 Å². The third kappa shape index (κ3) is 5.74. The number of hydrogen-bond acceptors (Lipinski definition) is 5. The number of ether oxygens (including phenoxy) is 1. The minimum absolute atomic E-state index is 0.00720. The molecular formula is C26H28N4O3. The summed E-state index contributed by atoms with van der Waals surface area (Å²) in [5.74, 6) is 1.01. The molecule has 1 N–H and O–H groups in total. The first-order valence-electron chi connectivity index (χ1n) is 11.2. The van der Waals surface area contributed by atoms with Crippen molar-refractivity contribution >= 4 is 11.8 Å². The van der Waals surface area contributed by atoms with Crippen molar-refractivity contribution in [2.45, 2.75) is 39.3 Å². The van der Waals surface area contributed by atoms with Gasteiger partial charge in [-0.3, -0.25) is 9.59 Å². The number of fused-ring (bicyclic) bond motifs is 1. The molecule has 3 aromatic rings. The molecule has 0 saturated heterocycles. The lowest BCUT2D eigenvalue weighted by Crippen LogP contribution is -2.40. The monoisotopic (exact) mass is 444 g/mol. The molecule has 0 fully saturated rings. The van der Waals surface area contributed by atoms with E-state index in [2.05, 4.69) is 15.3 Å². The van der Waals surface area contributed by atoms with Crippen molar-refractivity contribution in [2.75, 3.05) is 13.1 Å². The predicted octanol–water partition coefficient (Wildman–Crippen LogP) is 3.64. The second-order valence-electron chi connectivity index (χ2n) is 8.34. The van der Waals surface area contributed by atoms with Crippen molar-refractivity contribution in [3.63, 3.8) is 0 Å². The Balaban J connectivity index is 1.37. The fourth-order valence-corrected chi connectivity index (χ4v) is 3.76. The van der Waals surface area contributed by atoms with Gasteiger partial charge in [-0.1, -0.05) is 42.5 Å². The summed E-state index contributed by atoms with van der Waals surface area (Å²) >= 11 is 0. The minimum atomic E-state index is -0.201. The van der Waals surface area contributed by atoms with Crippen LogP contribution in [-0.4, -0.2) is 45.9 Å². The summed E-state index contributed by atoms with van der Waals surface area (Å²) in [6.45, 7) is 4.86. The second kappa shape index (κ2) is 10.3. The third-order valence-corrected chi connectivity index (χ3v) is 5.38. The van der Waals surface area contributed by atoms with E-state index < -0.39 is 0 Å². The maximum atomic E-state index is 13.1. The summed E-state index contributed by atoms with van der Waals surface area (Å²) in [4.78, 5) is 36.2. The van der Waals surface area contributed by atoms with Crippen molar-refractivity contribution in [1.29, 1.82) is 0 Å². The summed E-state index contributed by atoms with van der Waals surface area (Å²) < 4.78 is 5.64. The van der Waals surface area contributed by atoms with E-state index in [9.17, 15) is 9.59 Å². The first-order valence-corrected chi connectivity index (χ1v) is 11.2. The topological polar surface area (TPSA) is 84.4 Å². The molecule has 170 valence electrons. The number of nitrogens with zero attached hydrogens (tertiary/aromatic N) is 3. The molecule has 0 saturated carbocycles. The minimum Gasteiger partial charge on any atom is -0.491 e. The van der Waals surface area contributed by atoms with Crippen LogP contribution in [0.3, 0.4) is 0 Å². The maximum absolute atomic E-state index is 13.1. The largest absolute Gasteiger partial charge is 0.491 e. The van der Waals surface area contributed by atoms with Crippen LogP contribution in [0.25, 0.3) is 11.4 Å². The lowest BCUT2D eigenvalue weighted by molar-refractivity contribution is -0.122. The Bertz CT molecular complexity index is 1110. The van der Waals surface area contributed by atoms with E-state index in [-0.39, 0.29) is 24.5 Å². The molecule has 0 aliphatic carbocycles. The molecule has 2 aromatic carbocycles. The molecule has 0 spiro atoms. The second-order valence-corrected chi connectivity index (χ2v) is 8.34. The summed E-state index contributed by atoms with van der Waals surface area (Å²) in [6, 6.07) is 17.3. The van der Waals surface area contributed by atoms with Crippen molar-refractivity contribution in [3.8, 4) is 17.1 Å². The molecule has 0 unspecified atom stereocenters. The van der Waals surface area contributed by atoms with Gasteiger partial charge in [0.05, 0.1) is 23.9 Å². The van der Waals surface area contributed by atoms with Crippen LogP contribution in [0, 0.1) is 0 Å². The van der Waals surface area contributed by atoms with E-state index in [0.717, 1.165) is 29.0 Å². The standard InChI is InChI=1S/C26H28N4O3/c1-18(2)33-21-12-10-19(11-13-21)15-27-24(31)17-30-14-6-9-23-22(26(30)32)16-28-25(29-23)20-7-4-3-5-8-20/h3-5,7-8,10-13,16,18H,6,9,14-15,17H2,1-2H3,(H,27,31). The fourth-order valence-electron chi connectivity index (χ4n) is 3.76. The van der Waals surface area contributed by atoms with Gasteiger partial charge in [0, 0.05) is 24.8 Å². The number of carbonyl (C=O) groups is 2. The molecule has 7 nitrogen and oxygen atoms in total. The molecule has 4 rings (SSSR count). The Morgan fingerprint density at radius 1 is 1.12 bits per heavy atom. The highest BCUT2D eigenvalue weighted by Crippen LogP contribution is 2.21. The lowest BCUT2D eigenvalue weighted by Gasteiger charge is -2.20. The van der Waals surface area contributed by atoms with Gasteiger partial charge in [-0.2, -0.15) is 0 Å². The first-order chi connectivity index (χ1) is 16.0. The molecule has 1 aliphatic heterocycles. The highest BCUT2D eigenvalue weighted by Gasteiger charge is 2.26. The predicted molar refractivity (Wildman–Crippen MR) is 126 cm³/mol. The Hall–Kier alpha value is -3.74. The van der Waals surface area contributed by atoms with Crippen LogP contribution in [-0.2, 0) is 17.8 Å². The number of aryl methyl sites for hydroxylation is 1. The summed E-state index contributed by atoms with van der Waals surface area (Å²) in [5, 5.41) is 2.90. The molecule has 0 atom stereocenters. The van der Waals surface area contributed by atoms with Crippen LogP contribution < -0.4 is 10.1 Å². The van der Waals surface area contributed by atoms with Gasteiger partial charge in [0.2, 0.25) is 5.91 Å². The smallest absolute Gasteiger partial charge is 0.257 e. The Kier molecular flexibility index (Phi) is 6.98. The average molecular weight is 445 g/mol. The van der Waals surface area contributed by atoms with Crippen LogP contribution >= 0.6 is 0 Å². The van der Waals surface area contributed by atoms with Gasteiger partial charge in [0.25, 0.3) is 5.91 Å². The van der Waals surface area contributed by atoms with Gasteiger partial charge in [0.1, 0.15) is 5.75 Å². The molecule has 33 heavy (non-hydrogen) atoms. The van der Waals surface area contributed by atoms with Gasteiger partial charge in [-0.05, 0) is 44.4 Å². The highest BCUT2D eigenvalue weighted by molar-refractivity contribution is 5.97. The van der Waals surface area contributed by atoms with Gasteiger partial charge in [-0.25, -0.2) is 9.97 Å². The van der Waals surface area contributed by atoms with Gasteiger partial charge in [0.15, 0.2) is 5.82 Å². The van der Waals surface area contributed by atoms with E-state index in [0.29, 0.717) is 30.9 Å². The van der Waals surface area contributed by atoms with E-state index in [4.69, 9.17) is 4.74 Å². The summed E-state index contributed by atoms with van der Waals surface area (Å²) in [5.41, 5.74) is 3.09. The van der Waals surface area contributed by atoms with Gasteiger partial charge < -0.3 is 15.0 Å². The average Bonchev–Trinajstić information content (AvgIpc) is 2.97. The quantitative estimate of drug-likeness (QED) is 0.602. The highest BCUT2D eigenvalue weighted by atomic mass is 16.5. The van der Waals surface area contributed by atoms with Crippen molar-refractivity contribution < 1.29 is 14.3 Å². The number of rotatable bonds is 7. The van der Waals surface area contributed by atoms with Crippen molar-refractivity contribution in [2.24, 2.45) is 0 Å². The number of carbonyl (C=O) groups excluding carboxylic acids is 2. The fraction of sp³-hybridized carbons (Fsp3) is 0.308. The normalized spacial score (nSPS) is 13.4. The number of hydrogen-bond donors (Lipinski definition) is 1. The van der Waals surface area contributed by atoms with Gasteiger partial charge in [-0.15, -0.1) is 0 Å². The van der Waals surface area contributed by atoms with Crippen LogP contribution in [0.4, 0.5) is 0 Å². The molecule has 0 radical (unpaired) electrons. The number of benzene rings is 2. The summed E-state index contributed by atoms with van der Waals surface area (Å²) in [6.07, 6.45) is 3.12. The zero-order chi connectivity index (χ0) is 23.2. The maximum Gasteiger partial charge on any atom is 0.257 e. The molecule has 0 bridgehead atoms. The molecule has 1 aromatic heterocycles. The Morgan fingerprint density at radius 3 is 2.61 bits per heavy atom. The molecule has 7 heteroatoms. The number of aromatic nitrogens is 2. The van der Waals surface area contributed by atoms with E-state index in [1.165, 1.54) is 0 Å². The zero-order valence-electron chi connectivity index (χ0n) is 19.0. The van der Waals surface area contributed by atoms with E-state index in [1.807, 2.05) is 68.4 Å². The van der Waals surface area contributed by atoms with Crippen molar-refractivity contribution in [1.82, 2.24) is 20.2 Å². The van der Waals surface area contributed by atoms with Crippen LogP contribution in [0.1, 0.15) is 41.9 Å². The lowest BCUT2D eigenvalue weighted by atomic mass is 10.1. The van der Waals surface area contributed by atoms with E-state index >= 15 is 0 Å². The Morgan fingerprint density at radius 2 is 1.88 bits per heavy atom. The summed E-state index contributed by atoms with van der Waals surface area (Å²) in [7, 11) is 0. The van der Waals surface area contributed by atoms with Crippen LogP contribution in [0.5, 0.6) is 5.75 Å². The number of amides is 2. The molecular weight excluding hydrogens is 416 g/mol. The van der Waals surface area contributed by atoms with Crippen LogP contribution in [0.2, 0.25) is 0 Å². The molecule has 2 amide bonds. The Labute approximate surface area is 193 Å². The third-order valence-electron chi connectivity index (χ3n) is 5.38. The van der Waals surface area contributed by atoms with Crippen molar-refractivity contribution in [3.05, 3.63) is 77.6 Å². The SMILES string of the molecule is CC(C)Oc1ccc(CNC(=O)CN2CCCc3nc(-c4ccccc4)ncc3C2=O)cc1. The molecule has 2 heterocycles. The molecule has 1 aliphatic rings. The van der Waals surface area contributed by atoms with E-state index in [1.54, 1.807) is 11.1 Å². The number of nitrogens with one attached hydrogen (secondary N) is 1. The first kappa shape index (κ1) is 22.5. The zero-order valence-corrected chi connectivity index (χ0v) is 19.0.